The number of hydrogen-bond donors (Lipinski definition) is 3. The molecule has 0 saturated carbocycles. The van der Waals surface area contributed by atoms with E-state index >= 15 is 0 Å². The van der Waals surface area contributed by atoms with Gasteiger partial charge in [0.1, 0.15) is 12.6 Å². The second-order valence-corrected chi connectivity index (χ2v) is 30.9. The molecule has 2 heterocycles. The molecule has 1 aromatic carbocycles. The van der Waals surface area contributed by atoms with Crippen molar-refractivity contribution in [3.05, 3.63) is 74.4 Å². The monoisotopic (exact) mass is 1490 g/mol. The van der Waals surface area contributed by atoms with Crippen molar-refractivity contribution in [3.8, 4) is 0 Å². The normalized spacial score (nSPS) is 14.3. The summed E-state index contributed by atoms with van der Waals surface area (Å²) < 4.78 is 44.7. The van der Waals surface area contributed by atoms with E-state index in [0.29, 0.717) is 42.4 Å². The molecule has 476 valence electrons. The van der Waals surface area contributed by atoms with E-state index in [1.165, 1.54) is 35.7 Å². The number of thioether (sulfide) groups is 2. The summed E-state index contributed by atoms with van der Waals surface area (Å²) in [5.41, 5.74) is 6.30. The molecule has 1 aromatic rings. The predicted octanol–water partition coefficient (Wildman–Crippen LogP) is 16.6. The fourth-order valence-electron chi connectivity index (χ4n) is 5.91. The number of rotatable bonds is 27. The van der Waals surface area contributed by atoms with Crippen LogP contribution in [0.5, 0.6) is 0 Å². The van der Waals surface area contributed by atoms with Crippen LogP contribution in [0.3, 0.4) is 0 Å². The number of carbonyl (C=O) groups excluding carboxylic acids is 6. The molecule has 0 bridgehead atoms. The van der Waals surface area contributed by atoms with Crippen molar-refractivity contribution in [1.29, 1.82) is 0 Å². The van der Waals surface area contributed by atoms with Gasteiger partial charge in [0, 0.05) is 59.5 Å². The van der Waals surface area contributed by atoms with Crippen molar-refractivity contribution in [2.45, 2.75) is 148 Å². The summed E-state index contributed by atoms with van der Waals surface area (Å²) in [6.07, 6.45) is 2.63. The average molecular weight is 1500 g/mol. The lowest BCUT2D eigenvalue weighted by molar-refractivity contribution is -0.143. The van der Waals surface area contributed by atoms with Crippen LogP contribution in [0.25, 0.3) is 0 Å². The van der Waals surface area contributed by atoms with E-state index < -0.39 is 48.1 Å². The first-order valence-corrected chi connectivity index (χ1v) is 31.4. The highest BCUT2D eigenvalue weighted by Crippen LogP contribution is 2.33. The van der Waals surface area contributed by atoms with E-state index in [2.05, 4.69) is 25.3 Å². The van der Waals surface area contributed by atoms with Crippen LogP contribution in [0.4, 0.5) is 0 Å². The van der Waals surface area contributed by atoms with Crippen molar-refractivity contribution < 1.29 is 65.4 Å². The first kappa shape index (κ1) is 91.5. The van der Waals surface area contributed by atoms with Crippen molar-refractivity contribution in [2.24, 2.45) is 0 Å². The Morgan fingerprint density at radius 2 is 0.927 bits per heavy atom. The first-order valence-electron chi connectivity index (χ1n) is 22.6. The molecule has 31 heteroatoms. The molecule has 0 saturated heterocycles. The van der Waals surface area contributed by atoms with Gasteiger partial charge in [0.2, 0.25) is 35.6 Å². The molecule has 3 rings (SSSR count). The molecule has 0 aliphatic carbocycles. The molecule has 14 nitrogen and oxygen atoms in total. The molecular formula is C51H74Cl12O14S5. The van der Waals surface area contributed by atoms with Gasteiger partial charge in [0.15, 0.2) is 12.6 Å². The Morgan fingerprint density at radius 1 is 0.610 bits per heavy atom. The SMILES string of the molecule is C.C.C.C.C/C(CO)=C(\CCC(OCC(Cl)(Cl)Cl)OCC(Cl)(Cl)Cl)C(=O)S.C/C(COS(=O)(=O)c1ccc(C)cc1)=C(\CCC(OCC(Cl)(Cl)Cl)OCC(Cl)(Cl)Cl)C(=O)S.CC1=C(CCC=O)C(=O)SC1.CC1=C(CCC=O)C(=O)SC1. The standard InChI is InChI=1S/C19H22Cl6O6S2.C12H16Cl6O4S.2C8H10O2S.4CH4/c1-12-3-5-14(6-4-12)33(27,28)31-9-13(2)15(17(26)32)7-8-16(29-10-18(20,21)22)30-11-19(23,24)25;1-7(4-19)8(10(20)23)2-3-9(21-5-11(13,14)15)22-6-12(16,17)18;2*1-6-5-11-8(10)7(6)3-2-4-9;;;;/h3-6,16H,7-11H2,1-2H3,(H,26,32);9,19H,2-6H2,1H3,(H,20,23);2*4H,2-3,5H2,1H3;4*1H4/b15-13-;8-7-;;;;;;. The maximum atomic E-state index is 12.4. The number of carbonyl (C=O) groups is 6. The van der Waals surface area contributed by atoms with Gasteiger partial charge in [-0.3, -0.25) is 23.4 Å². The number of alkyl halides is 12. The minimum absolute atomic E-state index is 0. The maximum Gasteiger partial charge on any atom is 0.297 e. The third kappa shape index (κ3) is 43.5. The first-order chi connectivity index (χ1) is 35.9. The summed E-state index contributed by atoms with van der Waals surface area (Å²) in [6.45, 7) is 7.12. The fraction of sp³-hybridized carbons (Fsp3) is 0.608. The van der Waals surface area contributed by atoms with Crippen LogP contribution in [-0.2, 0) is 62.0 Å². The highest BCUT2D eigenvalue weighted by molar-refractivity contribution is 8.15. The van der Waals surface area contributed by atoms with Gasteiger partial charge in [-0.05, 0) is 83.6 Å². The van der Waals surface area contributed by atoms with Crippen molar-refractivity contribution in [1.82, 2.24) is 0 Å². The van der Waals surface area contributed by atoms with E-state index in [1.54, 1.807) is 26.0 Å². The van der Waals surface area contributed by atoms with E-state index in [0.717, 1.165) is 51.9 Å². The number of aliphatic hydroxyl groups is 1. The van der Waals surface area contributed by atoms with Gasteiger partial charge in [0.05, 0.1) is 44.5 Å². The van der Waals surface area contributed by atoms with Crippen molar-refractivity contribution in [2.75, 3.05) is 51.1 Å². The number of aliphatic hydroxyl groups excluding tert-OH is 1. The molecule has 1 N–H and O–H groups in total. The number of benzene rings is 1. The third-order valence-electron chi connectivity index (χ3n) is 9.90. The second kappa shape index (κ2) is 45.9. The Kier molecular flexibility index (Phi) is 51.3. The van der Waals surface area contributed by atoms with Crippen LogP contribution in [0.15, 0.2) is 73.7 Å². The lowest BCUT2D eigenvalue weighted by atomic mass is 10.1. The second-order valence-electron chi connectivity index (χ2n) is 16.5. The van der Waals surface area contributed by atoms with Gasteiger partial charge in [0.25, 0.3) is 10.1 Å². The zero-order valence-corrected chi connectivity index (χ0v) is 55.7. The molecule has 0 unspecified atom stereocenters. The van der Waals surface area contributed by atoms with Crippen LogP contribution in [0.1, 0.15) is 114 Å². The smallest absolute Gasteiger partial charge is 0.297 e. The van der Waals surface area contributed by atoms with Gasteiger partial charge in [-0.1, -0.05) is 221 Å². The third-order valence-corrected chi connectivity index (χ3v) is 15.2. The van der Waals surface area contributed by atoms with Crippen LogP contribution in [-0.4, -0.2) is 125 Å². The molecule has 82 heavy (non-hydrogen) atoms. The number of thiol groups is 2. The Hall–Kier alpha value is 0.790. The number of halogens is 12. The fourth-order valence-corrected chi connectivity index (χ4v) is 10.2. The molecule has 0 radical (unpaired) electrons. The quantitative estimate of drug-likeness (QED) is 0.0187. The molecule has 0 amide bonds. The Morgan fingerprint density at radius 3 is 1.18 bits per heavy atom. The molecule has 0 atom stereocenters. The van der Waals surface area contributed by atoms with E-state index in [4.69, 9.17) is 167 Å². The lowest BCUT2D eigenvalue weighted by Crippen LogP contribution is -2.27. The van der Waals surface area contributed by atoms with Gasteiger partial charge in [-0.2, -0.15) is 8.42 Å². The summed E-state index contributed by atoms with van der Waals surface area (Å²) in [7, 11) is -4.02. The summed E-state index contributed by atoms with van der Waals surface area (Å²) in [5.74, 6) is 1.63. The highest BCUT2D eigenvalue weighted by atomic mass is 35.6. The lowest BCUT2D eigenvalue weighted by Gasteiger charge is -2.23. The molecule has 2 aliphatic heterocycles. The number of ether oxygens (including phenoxy) is 4. The molecule has 0 spiro atoms. The molecule has 2 aliphatic rings. The van der Waals surface area contributed by atoms with Gasteiger partial charge < -0.3 is 33.6 Å². The van der Waals surface area contributed by atoms with Crippen LogP contribution in [0.2, 0.25) is 0 Å². The minimum Gasteiger partial charge on any atom is -0.392 e. The Balaban J connectivity index is -0.000000348. The molecule has 0 aromatic heterocycles. The summed E-state index contributed by atoms with van der Waals surface area (Å²) in [6, 6.07) is 6.16. The van der Waals surface area contributed by atoms with Gasteiger partial charge in [-0.15, -0.1) is 25.3 Å². The Labute approximate surface area is 564 Å². The molecular weight excluding hydrogens is 1420 g/mol. The minimum atomic E-state index is -4.02. The Bertz CT molecular complexity index is 2300. The number of aldehydes is 2. The van der Waals surface area contributed by atoms with Gasteiger partial charge in [-0.25, -0.2) is 0 Å². The maximum absolute atomic E-state index is 12.4. The van der Waals surface area contributed by atoms with Crippen LogP contribution < -0.4 is 0 Å². The predicted molar refractivity (Wildman–Crippen MR) is 354 cm³/mol. The van der Waals surface area contributed by atoms with Crippen molar-refractivity contribution in [3.63, 3.8) is 0 Å². The van der Waals surface area contributed by atoms with E-state index in [9.17, 15) is 37.2 Å². The van der Waals surface area contributed by atoms with E-state index in [1.807, 2.05) is 20.8 Å². The largest absolute Gasteiger partial charge is 0.392 e. The zero-order chi connectivity index (χ0) is 60.2. The summed E-state index contributed by atoms with van der Waals surface area (Å²) in [4.78, 5) is 65.8. The summed E-state index contributed by atoms with van der Waals surface area (Å²) in [5, 5.41) is 8.40. The van der Waals surface area contributed by atoms with Gasteiger partial charge >= 0.3 is 0 Å². The highest BCUT2D eigenvalue weighted by Gasteiger charge is 2.29. The van der Waals surface area contributed by atoms with Crippen LogP contribution >= 0.6 is 188 Å². The number of hydrogen-bond acceptors (Lipinski definition) is 16. The number of aryl methyl sites for hydroxylation is 1. The van der Waals surface area contributed by atoms with Crippen LogP contribution in [0, 0.1) is 6.92 Å². The molecule has 0 fully saturated rings. The summed E-state index contributed by atoms with van der Waals surface area (Å²) >= 11 is 78.2. The van der Waals surface area contributed by atoms with E-state index in [-0.39, 0.29) is 116 Å². The topological polar surface area (TPSA) is 203 Å². The average Bonchev–Trinajstić information content (AvgIpc) is 3.83. The zero-order valence-electron chi connectivity index (χ0n) is 42.3. The van der Waals surface area contributed by atoms with Crippen molar-refractivity contribution >= 4 is 231 Å².